The molecule has 0 saturated carbocycles. The van der Waals surface area contributed by atoms with Crippen molar-refractivity contribution >= 4 is 17.5 Å². The summed E-state index contributed by atoms with van der Waals surface area (Å²) in [6, 6.07) is 23.9. The van der Waals surface area contributed by atoms with Crippen LogP contribution in [0.5, 0.6) is 5.75 Å². The Labute approximate surface area is 177 Å². The number of ether oxygens (including phenoxy) is 1. The third kappa shape index (κ3) is 5.47. The predicted molar refractivity (Wildman–Crippen MR) is 119 cm³/mol. The Hall–Kier alpha value is -3.60. The van der Waals surface area contributed by atoms with Gasteiger partial charge in [0.1, 0.15) is 12.4 Å². The molecule has 0 bridgehead atoms. The first kappa shape index (κ1) is 21.1. The monoisotopic (exact) mass is 402 g/mol. The zero-order valence-electron chi connectivity index (χ0n) is 17.3. The Bertz CT molecular complexity index is 998. The van der Waals surface area contributed by atoms with Crippen LogP contribution in [0.2, 0.25) is 0 Å². The summed E-state index contributed by atoms with van der Waals surface area (Å²) in [4.78, 5) is 27.0. The van der Waals surface area contributed by atoms with Gasteiger partial charge in [-0.1, -0.05) is 42.5 Å². The van der Waals surface area contributed by atoms with Gasteiger partial charge in [-0.25, -0.2) is 0 Å². The average molecular weight is 402 g/mol. The van der Waals surface area contributed by atoms with Crippen LogP contribution < -0.4 is 10.1 Å². The van der Waals surface area contributed by atoms with Crippen LogP contribution in [-0.2, 0) is 6.61 Å². The lowest BCUT2D eigenvalue weighted by molar-refractivity contribution is 0.0772. The molecule has 0 saturated heterocycles. The van der Waals surface area contributed by atoms with Crippen LogP contribution in [0.3, 0.4) is 0 Å². The maximum Gasteiger partial charge on any atom is 0.255 e. The molecule has 0 aliphatic carbocycles. The average Bonchev–Trinajstić information content (AvgIpc) is 2.79. The molecule has 0 aromatic heterocycles. The molecule has 0 radical (unpaired) electrons. The molecule has 2 amide bonds. The van der Waals surface area contributed by atoms with Crippen molar-refractivity contribution in [3.63, 3.8) is 0 Å². The van der Waals surface area contributed by atoms with Gasteiger partial charge in [0.05, 0.1) is 0 Å². The van der Waals surface area contributed by atoms with E-state index < -0.39 is 0 Å². The van der Waals surface area contributed by atoms with Crippen molar-refractivity contribution in [2.45, 2.75) is 20.5 Å². The molecular weight excluding hydrogens is 376 g/mol. The fourth-order valence-electron chi connectivity index (χ4n) is 3.09. The number of amides is 2. The fraction of sp³-hybridized carbons (Fsp3) is 0.200. The third-order valence-electron chi connectivity index (χ3n) is 4.76. The van der Waals surface area contributed by atoms with E-state index in [1.807, 2.05) is 50.2 Å². The highest BCUT2D eigenvalue weighted by Crippen LogP contribution is 2.18. The first-order chi connectivity index (χ1) is 14.6. The highest BCUT2D eigenvalue weighted by molar-refractivity contribution is 6.05. The molecule has 0 unspecified atom stereocenters. The normalized spacial score (nSPS) is 10.3. The molecule has 3 aromatic rings. The van der Waals surface area contributed by atoms with Gasteiger partial charge in [0.25, 0.3) is 11.8 Å². The number of nitrogens with zero attached hydrogens (tertiary/aromatic N) is 1. The number of hydrogen-bond acceptors (Lipinski definition) is 3. The van der Waals surface area contributed by atoms with E-state index in [0.717, 1.165) is 5.56 Å². The Morgan fingerprint density at radius 1 is 0.833 bits per heavy atom. The summed E-state index contributed by atoms with van der Waals surface area (Å²) in [6.45, 7) is 5.60. The molecular formula is C25H26N2O3. The van der Waals surface area contributed by atoms with Gasteiger partial charge in [0, 0.05) is 29.9 Å². The molecule has 3 aromatic carbocycles. The first-order valence-electron chi connectivity index (χ1n) is 10.1. The predicted octanol–water partition coefficient (Wildman–Crippen LogP) is 5.00. The Morgan fingerprint density at radius 3 is 2.27 bits per heavy atom. The van der Waals surface area contributed by atoms with Crippen LogP contribution in [0.1, 0.15) is 40.1 Å². The van der Waals surface area contributed by atoms with E-state index in [2.05, 4.69) is 5.32 Å². The van der Waals surface area contributed by atoms with E-state index in [0.29, 0.717) is 42.3 Å². The standard InChI is InChI=1S/C25H26N2O3/c1-3-27(4-2)25(29)21-13-8-14-22(16-21)26-24(28)20-12-9-15-23(17-20)30-18-19-10-6-5-7-11-19/h5-17H,3-4,18H2,1-2H3,(H,26,28). The van der Waals surface area contributed by atoms with E-state index in [1.54, 1.807) is 47.4 Å². The Balaban J connectivity index is 1.67. The SMILES string of the molecule is CCN(CC)C(=O)c1cccc(NC(=O)c2cccc(OCc3ccccc3)c2)c1. The molecule has 0 fully saturated rings. The molecule has 0 aliphatic heterocycles. The molecule has 154 valence electrons. The first-order valence-corrected chi connectivity index (χ1v) is 10.1. The van der Waals surface area contributed by atoms with Crippen LogP contribution in [0, 0.1) is 0 Å². The maximum absolute atomic E-state index is 12.7. The highest BCUT2D eigenvalue weighted by atomic mass is 16.5. The molecule has 0 atom stereocenters. The molecule has 0 heterocycles. The molecule has 3 rings (SSSR count). The summed E-state index contributed by atoms with van der Waals surface area (Å²) in [7, 11) is 0. The van der Waals surface area contributed by atoms with Crippen molar-refractivity contribution in [2.24, 2.45) is 0 Å². The lowest BCUT2D eigenvalue weighted by Gasteiger charge is -2.19. The third-order valence-corrected chi connectivity index (χ3v) is 4.76. The number of rotatable bonds is 8. The van der Waals surface area contributed by atoms with Gasteiger partial charge in [-0.15, -0.1) is 0 Å². The minimum Gasteiger partial charge on any atom is -0.489 e. The highest BCUT2D eigenvalue weighted by Gasteiger charge is 2.14. The van der Waals surface area contributed by atoms with E-state index in [1.165, 1.54) is 0 Å². The maximum atomic E-state index is 12.7. The topological polar surface area (TPSA) is 58.6 Å². The second kappa shape index (κ2) is 10.3. The van der Waals surface area contributed by atoms with Crippen molar-refractivity contribution in [2.75, 3.05) is 18.4 Å². The van der Waals surface area contributed by atoms with Gasteiger partial charge >= 0.3 is 0 Å². The van der Waals surface area contributed by atoms with Gasteiger partial charge in [-0.2, -0.15) is 0 Å². The number of carbonyl (C=O) groups excluding carboxylic acids is 2. The summed E-state index contributed by atoms with van der Waals surface area (Å²) in [5.74, 6) is 0.317. The zero-order valence-corrected chi connectivity index (χ0v) is 17.3. The smallest absolute Gasteiger partial charge is 0.255 e. The largest absolute Gasteiger partial charge is 0.489 e. The zero-order chi connectivity index (χ0) is 21.3. The molecule has 0 aliphatic rings. The van der Waals surface area contributed by atoms with Crippen LogP contribution in [0.15, 0.2) is 78.9 Å². The van der Waals surface area contributed by atoms with Crippen LogP contribution in [0.4, 0.5) is 5.69 Å². The van der Waals surface area contributed by atoms with E-state index in [9.17, 15) is 9.59 Å². The van der Waals surface area contributed by atoms with E-state index in [4.69, 9.17) is 4.74 Å². The van der Waals surface area contributed by atoms with Gasteiger partial charge < -0.3 is 15.0 Å². The number of nitrogens with one attached hydrogen (secondary N) is 1. The molecule has 0 spiro atoms. The second-order valence-electron chi connectivity index (χ2n) is 6.81. The van der Waals surface area contributed by atoms with Crippen LogP contribution in [-0.4, -0.2) is 29.8 Å². The summed E-state index contributed by atoms with van der Waals surface area (Å²) < 4.78 is 5.80. The number of benzene rings is 3. The summed E-state index contributed by atoms with van der Waals surface area (Å²) in [6.07, 6.45) is 0. The lowest BCUT2D eigenvalue weighted by Crippen LogP contribution is -2.30. The van der Waals surface area contributed by atoms with Gasteiger partial charge in [0.2, 0.25) is 0 Å². The number of carbonyl (C=O) groups is 2. The molecule has 30 heavy (non-hydrogen) atoms. The molecule has 1 N–H and O–H groups in total. The Morgan fingerprint density at radius 2 is 1.53 bits per heavy atom. The van der Waals surface area contributed by atoms with Gasteiger partial charge in [-0.3, -0.25) is 9.59 Å². The van der Waals surface area contributed by atoms with Gasteiger partial charge in [0.15, 0.2) is 0 Å². The van der Waals surface area contributed by atoms with Crippen molar-refractivity contribution in [1.29, 1.82) is 0 Å². The molecule has 5 heteroatoms. The fourth-order valence-corrected chi connectivity index (χ4v) is 3.09. The second-order valence-corrected chi connectivity index (χ2v) is 6.81. The molecule has 5 nitrogen and oxygen atoms in total. The Kier molecular flexibility index (Phi) is 7.22. The van der Waals surface area contributed by atoms with Gasteiger partial charge in [-0.05, 0) is 55.8 Å². The lowest BCUT2D eigenvalue weighted by atomic mass is 10.1. The van der Waals surface area contributed by atoms with Crippen LogP contribution in [0.25, 0.3) is 0 Å². The van der Waals surface area contributed by atoms with Crippen molar-refractivity contribution < 1.29 is 14.3 Å². The number of anilines is 1. The summed E-state index contributed by atoms with van der Waals surface area (Å²) in [5.41, 5.74) is 2.67. The van der Waals surface area contributed by atoms with Crippen molar-refractivity contribution in [1.82, 2.24) is 4.90 Å². The van der Waals surface area contributed by atoms with E-state index >= 15 is 0 Å². The van der Waals surface area contributed by atoms with E-state index in [-0.39, 0.29) is 11.8 Å². The summed E-state index contributed by atoms with van der Waals surface area (Å²) >= 11 is 0. The van der Waals surface area contributed by atoms with Crippen LogP contribution >= 0.6 is 0 Å². The minimum atomic E-state index is -0.257. The van der Waals surface area contributed by atoms with Crippen molar-refractivity contribution in [3.8, 4) is 5.75 Å². The number of hydrogen-bond donors (Lipinski definition) is 1. The quantitative estimate of drug-likeness (QED) is 0.577. The van der Waals surface area contributed by atoms with Crippen molar-refractivity contribution in [3.05, 3.63) is 95.6 Å². The minimum absolute atomic E-state index is 0.0487. The summed E-state index contributed by atoms with van der Waals surface area (Å²) in [5, 5.41) is 2.86.